The molecule has 0 aromatic heterocycles. The van der Waals surface area contributed by atoms with E-state index in [1.54, 1.807) is 38.1 Å². The second-order valence-corrected chi connectivity index (χ2v) is 8.08. The van der Waals surface area contributed by atoms with Crippen molar-refractivity contribution in [1.29, 1.82) is 0 Å². The van der Waals surface area contributed by atoms with E-state index in [1.807, 2.05) is 0 Å². The topological polar surface area (TPSA) is 154 Å². The van der Waals surface area contributed by atoms with Gasteiger partial charge in [-0.1, -0.05) is 34.9 Å². The molecule has 3 N–H and O–H groups in total. The molecule has 0 spiro atoms. The van der Waals surface area contributed by atoms with Gasteiger partial charge in [-0.05, 0) is 30.6 Å². The SMILES string of the molecule is CCOC(=O)C1=C(C(OC)C2=N[N+](C)(C(N)=O)N=N2)NC(C)=C(C(=O)OC)C1c1ccccc1Cl. The van der Waals surface area contributed by atoms with Gasteiger partial charge in [-0.15, -0.1) is 0 Å². The summed E-state index contributed by atoms with van der Waals surface area (Å²) in [5.74, 6) is -2.38. The van der Waals surface area contributed by atoms with Crippen molar-refractivity contribution in [2.24, 2.45) is 21.2 Å². The Labute approximate surface area is 206 Å². The number of urea groups is 1. The fraction of sp³-hybridized carbons (Fsp3) is 0.364. The number of amides is 2. The summed E-state index contributed by atoms with van der Waals surface area (Å²) in [7, 11) is 3.95. The third-order valence-corrected chi connectivity index (χ3v) is 5.82. The van der Waals surface area contributed by atoms with Crippen molar-refractivity contribution in [1.82, 2.24) is 5.32 Å². The smallest absolute Gasteiger partial charge is 0.466 e. The van der Waals surface area contributed by atoms with Gasteiger partial charge < -0.3 is 25.3 Å². The van der Waals surface area contributed by atoms with Crippen molar-refractivity contribution in [2.75, 3.05) is 27.9 Å². The van der Waals surface area contributed by atoms with Crippen molar-refractivity contribution in [2.45, 2.75) is 25.9 Å². The minimum atomic E-state index is -1.10. The van der Waals surface area contributed by atoms with Crippen LogP contribution >= 0.6 is 11.6 Å². The number of esters is 2. The van der Waals surface area contributed by atoms with Gasteiger partial charge in [0.1, 0.15) is 7.05 Å². The van der Waals surface area contributed by atoms with Crippen LogP contribution in [-0.2, 0) is 23.8 Å². The van der Waals surface area contributed by atoms with Gasteiger partial charge in [0.15, 0.2) is 6.10 Å². The number of carbonyl (C=O) groups is 3. The summed E-state index contributed by atoms with van der Waals surface area (Å²) in [6.45, 7) is 3.36. The molecule has 2 aliphatic heterocycles. The van der Waals surface area contributed by atoms with E-state index < -0.39 is 34.7 Å². The third-order valence-electron chi connectivity index (χ3n) is 5.48. The molecule has 2 heterocycles. The Bertz CT molecular complexity index is 1190. The average molecular weight is 506 g/mol. The normalized spacial score (nSPS) is 22.5. The number of rotatable bonds is 7. The second kappa shape index (κ2) is 10.3. The molecule has 12 nitrogen and oxygen atoms in total. The van der Waals surface area contributed by atoms with E-state index in [4.69, 9.17) is 31.5 Å². The predicted molar refractivity (Wildman–Crippen MR) is 125 cm³/mol. The van der Waals surface area contributed by atoms with Gasteiger partial charge in [0.25, 0.3) is 0 Å². The molecule has 2 aliphatic rings. The van der Waals surface area contributed by atoms with Crippen LogP contribution in [0.25, 0.3) is 0 Å². The van der Waals surface area contributed by atoms with E-state index in [9.17, 15) is 14.4 Å². The lowest BCUT2D eigenvalue weighted by molar-refractivity contribution is -0.843. The van der Waals surface area contributed by atoms with Gasteiger partial charge in [0.2, 0.25) is 5.84 Å². The Hall–Kier alpha value is -3.61. The largest absolute Gasteiger partial charge is 0.469 e. The van der Waals surface area contributed by atoms with Crippen LogP contribution in [0.2, 0.25) is 5.02 Å². The molecular formula is C22H26ClN6O6+. The second-order valence-electron chi connectivity index (χ2n) is 7.67. The van der Waals surface area contributed by atoms with Crippen molar-refractivity contribution < 1.29 is 33.3 Å². The number of halogens is 1. The number of hydrogen-bond acceptors (Lipinski definition) is 10. The van der Waals surface area contributed by atoms with Crippen molar-refractivity contribution in [3.05, 3.63) is 57.4 Å². The number of allylic oxidation sites excluding steroid dienone is 1. The van der Waals surface area contributed by atoms with Crippen LogP contribution in [0.4, 0.5) is 4.79 Å². The van der Waals surface area contributed by atoms with Crippen LogP contribution in [0.3, 0.4) is 0 Å². The van der Waals surface area contributed by atoms with E-state index in [1.165, 1.54) is 21.3 Å². The predicted octanol–water partition coefficient (Wildman–Crippen LogP) is 2.53. The quantitative estimate of drug-likeness (QED) is 0.426. The van der Waals surface area contributed by atoms with Crippen LogP contribution < -0.4 is 11.1 Å². The highest BCUT2D eigenvalue weighted by molar-refractivity contribution is 6.31. The lowest BCUT2D eigenvalue weighted by atomic mass is 9.79. The number of quaternary nitrogens is 1. The van der Waals surface area contributed by atoms with E-state index in [0.29, 0.717) is 16.3 Å². The first-order valence-electron chi connectivity index (χ1n) is 10.5. The van der Waals surface area contributed by atoms with Gasteiger partial charge in [0.05, 0.1) is 41.7 Å². The summed E-state index contributed by atoms with van der Waals surface area (Å²) in [5, 5.41) is 15.3. The zero-order valence-corrected chi connectivity index (χ0v) is 20.6. The van der Waals surface area contributed by atoms with Crippen molar-refractivity contribution >= 4 is 35.4 Å². The van der Waals surface area contributed by atoms with Gasteiger partial charge in [-0.25, -0.2) is 14.4 Å². The van der Waals surface area contributed by atoms with Crippen LogP contribution in [0.15, 0.2) is 62.2 Å². The zero-order chi connectivity index (χ0) is 25.9. The Kier molecular flexibility index (Phi) is 7.68. The number of ether oxygens (including phenoxy) is 3. The van der Waals surface area contributed by atoms with Gasteiger partial charge in [-0.2, -0.15) is 0 Å². The number of nitrogens with two attached hydrogens (primary N) is 1. The minimum Gasteiger partial charge on any atom is -0.466 e. The maximum atomic E-state index is 13.4. The van der Waals surface area contributed by atoms with E-state index in [0.717, 1.165) is 0 Å². The number of benzene rings is 1. The van der Waals surface area contributed by atoms with E-state index >= 15 is 0 Å². The number of nitrogens with one attached hydrogen (secondary N) is 1. The number of dihydropyridines is 1. The van der Waals surface area contributed by atoms with E-state index in [-0.39, 0.29) is 29.3 Å². The Balaban J connectivity index is 2.31. The summed E-state index contributed by atoms with van der Waals surface area (Å²) >= 11 is 6.51. The summed E-state index contributed by atoms with van der Waals surface area (Å²) < 4.78 is 15.1. The summed E-state index contributed by atoms with van der Waals surface area (Å²) in [5.41, 5.74) is 6.64. The first-order chi connectivity index (χ1) is 16.6. The molecule has 3 unspecified atom stereocenters. The molecule has 0 bridgehead atoms. The number of methoxy groups -OCH3 is 2. The van der Waals surface area contributed by atoms with Crippen molar-refractivity contribution in [3.63, 3.8) is 0 Å². The molecule has 0 saturated carbocycles. The first-order valence-corrected chi connectivity index (χ1v) is 10.9. The highest BCUT2D eigenvalue weighted by atomic mass is 35.5. The average Bonchev–Trinajstić information content (AvgIpc) is 3.22. The fourth-order valence-corrected chi connectivity index (χ4v) is 4.07. The standard InChI is InChI=1S/C22H25ClN6O6/c1-6-35-21(31)16-15(12-9-7-8-10-13(12)23)14(20(30)34-5)11(2)25-17(16)18(33-4)19-26-28-29(3,27-19)22(24)32/h7-10,15,18H,6H2,1-5H3,(H2-,24,25,30,31,32)/p+1. The highest BCUT2D eigenvalue weighted by Crippen LogP contribution is 2.43. The molecule has 1 aromatic carbocycles. The number of hydrogen-bond donors (Lipinski definition) is 2. The maximum Gasteiger partial charge on any atom is 0.469 e. The van der Waals surface area contributed by atoms with Crippen LogP contribution in [0, 0.1) is 0 Å². The third kappa shape index (κ3) is 4.81. The molecule has 3 rings (SSSR count). The van der Waals surface area contributed by atoms with Crippen LogP contribution in [0.5, 0.6) is 0 Å². The first kappa shape index (κ1) is 26.0. The van der Waals surface area contributed by atoms with Crippen molar-refractivity contribution in [3.8, 4) is 0 Å². The summed E-state index contributed by atoms with van der Waals surface area (Å²) in [6, 6.07) is 5.93. The highest BCUT2D eigenvalue weighted by Gasteiger charge is 2.45. The molecule has 0 aliphatic carbocycles. The summed E-state index contributed by atoms with van der Waals surface area (Å²) in [4.78, 5) is 38.1. The molecule has 1 aromatic rings. The number of nitrogens with zero attached hydrogens (tertiary/aromatic N) is 4. The Morgan fingerprint density at radius 1 is 1.20 bits per heavy atom. The monoisotopic (exact) mass is 505 g/mol. The molecule has 2 amide bonds. The lowest BCUT2D eigenvalue weighted by Gasteiger charge is -2.33. The van der Waals surface area contributed by atoms with Crippen LogP contribution in [0.1, 0.15) is 25.3 Å². The molecule has 3 atom stereocenters. The lowest BCUT2D eigenvalue weighted by Crippen LogP contribution is -2.43. The van der Waals surface area contributed by atoms with Gasteiger partial charge in [0, 0.05) is 22.5 Å². The van der Waals surface area contributed by atoms with Crippen LogP contribution in [-0.4, -0.2) is 62.5 Å². The Morgan fingerprint density at radius 3 is 2.43 bits per heavy atom. The fourth-order valence-electron chi connectivity index (χ4n) is 3.82. The summed E-state index contributed by atoms with van der Waals surface area (Å²) in [6.07, 6.45) is -1.10. The van der Waals surface area contributed by atoms with E-state index in [2.05, 4.69) is 20.8 Å². The molecule has 13 heteroatoms. The molecule has 35 heavy (non-hydrogen) atoms. The number of primary amides is 1. The molecule has 186 valence electrons. The maximum absolute atomic E-state index is 13.4. The molecule has 0 saturated heterocycles. The molecular weight excluding hydrogens is 480 g/mol. The molecule has 0 radical (unpaired) electrons. The number of amidine groups is 1. The number of carbonyl (C=O) groups excluding carboxylic acids is 3. The molecule has 0 fully saturated rings. The Morgan fingerprint density at radius 2 is 1.89 bits per heavy atom. The minimum absolute atomic E-state index is 0.0228. The zero-order valence-electron chi connectivity index (χ0n) is 19.9. The van der Waals surface area contributed by atoms with Gasteiger partial charge >= 0.3 is 18.0 Å². The van der Waals surface area contributed by atoms with Gasteiger partial charge in [-0.3, -0.25) is 0 Å².